The van der Waals surface area contributed by atoms with Crippen LogP contribution in [-0.4, -0.2) is 55.6 Å². The highest BCUT2D eigenvalue weighted by atomic mass is 16.5. The molecule has 0 saturated carbocycles. The topological polar surface area (TPSA) is 110 Å². The molecule has 4 heterocycles. The molecule has 0 bridgehead atoms. The van der Waals surface area contributed by atoms with Gasteiger partial charge in [-0.3, -0.25) is 14.4 Å². The molecule has 196 valence electrons. The second kappa shape index (κ2) is 11.4. The van der Waals surface area contributed by atoms with E-state index in [0.717, 1.165) is 25.2 Å². The van der Waals surface area contributed by atoms with Crippen molar-refractivity contribution in [3.63, 3.8) is 0 Å². The second-order valence-electron chi connectivity index (χ2n) is 9.31. The normalized spacial score (nSPS) is 13.4. The number of ether oxygens (including phenoxy) is 1. The SMILES string of the molecule is CCC(=O)c1cnc(Nc2ccc(CN3CCCC3)cn2)cc1Nc1cccc(-c2ncn(C)n2)c1OC. The smallest absolute Gasteiger partial charge is 0.184 e. The Hall–Kier alpha value is -4.31. The first-order valence-corrected chi connectivity index (χ1v) is 12.8. The molecule has 0 atom stereocenters. The molecule has 0 unspecified atom stereocenters. The Morgan fingerprint density at radius 1 is 1.00 bits per heavy atom. The van der Waals surface area contributed by atoms with E-state index >= 15 is 0 Å². The summed E-state index contributed by atoms with van der Waals surface area (Å²) in [6.07, 6.45) is 8.02. The number of aromatic nitrogens is 5. The van der Waals surface area contributed by atoms with Crippen molar-refractivity contribution in [2.45, 2.75) is 32.7 Å². The largest absolute Gasteiger partial charge is 0.494 e. The molecule has 1 aliphatic rings. The average molecular weight is 513 g/mol. The number of rotatable bonds is 10. The van der Waals surface area contributed by atoms with Crippen LogP contribution in [0.1, 0.15) is 42.1 Å². The molecule has 10 nitrogen and oxygen atoms in total. The number of carbonyl (C=O) groups is 1. The first-order valence-electron chi connectivity index (χ1n) is 12.8. The fourth-order valence-electron chi connectivity index (χ4n) is 4.60. The van der Waals surface area contributed by atoms with Gasteiger partial charge in [-0.25, -0.2) is 15.0 Å². The number of Topliss-reactive ketones (excluding diaryl/α,β-unsaturated/α-hetero) is 1. The number of nitrogens with one attached hydrogen (secondary N) is 2. The Morgan fingerprint density at radius 3 is 2.50 bits per heavy atom. The van der Waals surface area contributed by atoms with E-state index in [4.69, 9.17) is 4.74 Å². The van der Waals surface area contributed by atoms with Gasteiger partial charge in [0.15, 0.2) is 17.4 Å². The molecule has 1 aromatic carbocycles. The van der Waals surface area contributed by atoms with E-state index in [9.17, 15) is 4.79 Å². The molecule has 1 saturated heterocycles. The molecular weight excluding hydrogens is 480 g/mol. The van der Waals surface area contributed by atoms with Crippen LogP contribution in [0.2, 0.25) is 0 Å². The number of pyridine rings is 2. The minimum atomic E-state index is -0.0162. The van der Waals surface area contributed by atoms with Crippen molar-refractivity contribution < 1.29 is 9.53 Å². The van der Waals surface area contributed by atoms with E-state index in [1.54, 1.807) is 24.3 Å². The predicted molar refractivity (Wildman–Crippen MR) is 147 cm³/mol. The van der Waals surface area contributed by atoms with Crippen LogP contribution in [0, 0.1) is 0 Å². The molecule has 4 aromatic rings. The monoisotopic (exact) mass is 512 g/mol. The van der Waals surface area contributed by atoms with Gasteiger partial charge >= 0.3 is 0 Å². The number of likely N-dealkylation sites (tertiary alicyclic amines) is 1. The summed E-state index contributed by atoms with van der Waals surface area (Å²) < 4.78 is 7.38. The van der Waals surface area contributed by atoms with Gasteiger partial charge in [-0.2, -0.15) is 5.10 Å². The summed E-state index contributed by atoms with van der Waals surface area (Å²) >= 11 is 0. The number of para-hydroxylation sites is 1. The summed E-state index contributed by atoms with van der Waals surface area (Å²) in [5, 5.41) is 11.1. The molecule has 0 spiro atoms. The van der Waals surface area contributed by atoms with Crippen LogP contribution >= 0.6 is 0 Å². The summed E-state index contributed by atoms with van der Waals surface area (Å²) in [4.78, 5) is 28.6. The number of hydrogen-bond acceptors (Lipinski definition) is 9. The predicted octanol–water partition coefficient (Wildman–Crippen LogP) is 4.96. The van der Waals surface area contributed by atoms with E-state index in [1.807, 2.05) is 50.5 Å². The standard InChI is InChI=1S/C28H32N8O2/c1-4-24(37)21-16-30-26(33-25-11-10-19(15-29-25)17-36-12-5-6-13-36)14-23(21)32-22-9-7-8-20(27(22)38-3)28-31-18-35(2)34-28/h7-11,14-16,18H,4-6,12-13,17H2,1-3H3,(H2,29,30,32,33). The molecule has 2 N–H and O–H groups in total. The van der Waals surface area contributed by atoms with Crippen LogP contribution in [0.25, 0.3) is 11.4 Å². The van der Waals surface area contributed by atoms with Crippen LogP contribution in [0.5, 0.6) is 5.75 Å². The van der Waals surface area contributed by atoms with Gasteiger partial charge in [-0.1, -0.05) is 19.1 Å². The maximum atomic E-state index is 12.7. The first-order chi connectivity index (χ1) is 18.5. The lowest BCUT2D eigenvalue weighted by Crippen LogP contribution is -2.18. The zero-order valence-corrected chi connectivity index (χ0v) is 21.9. The van der Waals surface area contributed by atoms with E-state index in [1.165, 1.54) is 18.4 Å². The zero-order chi connectivity index (χ0) is 26.5. The van der Waals surface area contributed by atoms with Crippen LogP contribution < -0.4 is 15.4 Å². The fourth-order valence-corrected chi connectivity index (χ4v) is 4.60. The summed E-state index contributed by atoms with van der Waals surface area (Å²) in [5.41, 5.74) is 3.72. The number of carbonyl (C=O) groups excluding carboxylic acids is 1. The fraction of sp³-hybridized carbons (Fsp3) is 0.321. The lowest BCUT2D eigenvalue weighted by molar-refractivity contribution is 0.0988. The minimum Gasteiger partial charge on any atom is -0.494 e. The molecule has 0 amide bonds. The second-order valence-corrected chi connectivity index (χ2v) is 9.31. The molecule has 5 rings (SSSR count). The summed E-state index contributed by atoms with van der Waals surface area (Å²) in [6.45, 7) is 5.05. The van der Waals surface area contributed by atoms with Gasteiger partial charge in [0.2, 0.25) is 0 Å². The van der Waals surface area contributed by atoms with Crippen molar-refractivity contribution in [3.8, 4) is 17.1 Å². The van der Waals surface area contributed by atoms with Crippen molar-refractivity contribution in [2.24, 2.45) is 7.05 Å². The van der Waals surface area contributed by atoms with Crippen molar-refractivity contribution in [1.82, 2.24) is 29.6 Å². The molecule has 10 heteroatoms. The van der Waals surface area contributed by atoms with E-state index in [2.05, 4.69) is 41.7 Å². The van der Waals surface area contributed by atoms with Crippen LogP contribution in [0.15, 0.2) is 55.1 Å². The maximum absolute atomic E-state index is 12.7. The minimum absolute atomic E-state index is 0.0162. The van der Waals surface area contributed by atoms with Gasteiger partial charge in [0.1, 0.15) is 18.0 Å². The Balaban J connectivity index is 1.41. The van der Waals surface area contributed by atoms with Gasteiger partial charge in [0.05, 0.1) is 29.6 Å². The number of ketones is 1. The number of hydrogen-bond donors (Lipinski definition) is 2. The van der Waals surface area contributed by atoms with Crippen molar-refractivity contribution in [2.75, 3.05) is 30.8 Å². The van der Waals surface area contributed by atoms with Crippen LogP contribution in [0.4, 0.5) is 23.0 Å². The van der Waals surface area contributed by atoms with Gasteiger partial charge in [-0.15, -0.1) is 0 Å². The first kappa shape index (κ1) is 25.3. The molecule has 1 aliphatic heterocycles. The molecule has 3 aromatic heterocycles. The number of methoxy groups -OCH3 is 1. The Bertz CT molecular complexity index is 1410. The third kappa shape index (κ3) is 5.65. The third-order valence-corrected chi connectivity index (χ3v) is 6.54. The van der Waals surface area contributed by atoms with Crippen molar-refractivity contribution in [3.05, 3.63) is 66.2 Å². The van der Waals surface area contributed by atoms with Gasteiger partial charge in [0.25, 0.3) is 0 Å². The van der Waals surface area contributed by atoms with E-state index in [-0.39, 0.29) is 5.78 Å². The zero-order valence-electron chi connectivity index (χ0n) is 21.9. The number of nitrogens with zero attached hydrogens (tertiary/aromatic N) is 6. The van der Waals surface area contributed by atoms with Crippen LogP contribution in [-0.2, 0) is 13.6 Å². The van der Waals surface area contributed by atoms with Gasteiger partial charge in [-0.05, 0) is 49.7 Å². The summed E-state index contributed by atoms with van der Waals surface area (Å²) in [5.74, 6) is 2.37. The summed E-state index contributed by atoms with van der Waals surface area (Å²) in [7, 11) is 3.42. The highest BCUT2D eigenvalue weighted by molar-refractivity contribution is 6.02. The average Bonchev–Trinajstić information content (AvgIpc) is 3.61. The maximum Gasteiger partial charge on any atom is 0.184 e. The number of anilines is 4. The molecular formula is C28H32N8O2. The van der Waals surface area contributed by atoms with Crippen molar-refractivity contribution >= 4 is 28.8 Å². The van der Waals surface area contributed by atoms with Crippen molar-refractivity contribution in [1.29, 1.82) is 0 Å². The molecule has 38 heavy (non-hydrogen) atoms. The molecule has 0 radical (unpaired) electrons. The lowest BCUT2D eigenvalue weighted by atomic mass is 10.1. The number of aryl methyl sites for hydroxylation is 1. The van der Waals surface area contributed by atoms with Gasteiger partial charge in [0, 0.05) is 38.5 Å². The highest BCUT2D eigenvalue weighted by Gasteiger charge is 2.18. The Kier molecular flexibility index (Phi) is 7.60. The lowest BCUT2D eigenvalue weighted by Gasteiger charge is -2.17. The van der Waals surface area contributed by atoms with Gasteiger partial charge < -0.3 is 15.4 Å². The Morgan fingerprint density at radius 2 is 1.82 bits per heavy atom. The van der Waals surface area contributed by atoms with E-state index < -0.39 is 0 Å². The quantitative estimate of drug-likeness (QED) is 0.285. The summed E-state index contributed by atoms with van der Waals surface area (Å²) in [6, 6.07) is 11.5. The van der Waals surface area contributed by atoms with E-state index in [0.29, 0.717) is 46.6 Å². The number of benzene rings is 1. The van der Waals surface area contributed by atoms with Crippen LogP contribution in [0.3, 0.4) is 0 Å². The molecule has 1 fully saturated rings. The highest BCUT2D eigenvalue weighted by Crippen LogP contribution is 2.37. The molecule has 0 aliphatic carbocycles. The third-order valence-electron chi connectivity index (χ3n) is 6.54. The Labute approximate surface area is 222 Å².